The molecule has 140 valence electrons. The summed E-state index contributed by atoms with van der Waals surface area (Å²) in [7, 11) is 3.27. The van der Waals surface area contributed by atoms with Gasteiger partial charge in [0.15, 0.2) is 0 Å². The lowest BCUT2D eigenvalue weighted by Gasteiger charge is -2.08. The second-order valence-corrected chi connectivity index (χ2v) is 7.15. The summed E-state index contributed by atoms with van der Waals surface area (Å²) in [6, 6.07) is 14.1. The molecule has 27 heavy (non-hydrogen) atoms. The van der Waals surface area contributed by atoms with E-state index in [0.29, 0.717) is 5.92 Å². The van der Waals surface area contributed by atoms with Crippen molar-refractivity contribution >= 4 is 22.7 Å². The van der Waals surface area contributed by atoms with Crippen LogP contribution in [0.2, 0.25) is 0 Å². The third-order valence-electron chi connectivity index (χ3n) is 4.17. The molecule has 0 spiro atoms. The number of hydrogen-bond acceptors (Lipinski definition) is 6. The van der Waals surface area contributed by atoms with Crippen molar-refractivity contribution in [2.45, 2.75) is 19.8 Å². The van der Waals surface area contributed by atoms with Gasteiger partial charge in [-0.1, -0.05) is 38.1 Å². The summed E-state index contributed by atoms with van der Waals surface area (Å²) in [5.74, 6) is 2.00. The monoisotopic (exact) mass is 381 g/mol. The van der Waals surface area contributed by atoms with Crippen LogP contribution in [-0.2, 0) is 0 Å². The van der Waals surface area contributed by atoms with Gasteiger partial charge in [-0.15, -0.1) is 11.3 Å². The lowest BCUT2D eigenvalue weighted by Crippen LogP contribution is -1.93. The van der Waals surface area contributed by atoms with E-state index >= 15 is 0 Å². The topological polar surface area (TPSA) is 55.7 Å². The molecule has 0 aliphatic carbocycles. The third-order valence-corrected chi connectivity index (χ3v) is 4.91. The van der Waals surface area contributed by atoms with Crippen molar-refractivity contribution in [1.82, 2.24) is 4.98 Å². The van der Waals surface area contributed by atoms with E-state index in [4.69, 9.17) is 9.47 Å². The largest absolute Gasteiger partial charge is 0.497 e. The highest BCUT2D eigenvalue weighted by atomic mass is 32.1. The van der Waals surface area contributed by atoms with Crippen molar-refractivity contribution < 1.29 is 9.47 Å². The minimum Gasteiger partial charge on any atom is -0.497 e. The zero-order chi connectivity index (χ0) is 19.2. The van der Waals surface area contributed by atoms with Crippen molar-refractivity contribution in [2.24, 2.45) is 5.10 Å². The average Bonchev–Trinajstić information content (AvgIpc) is 3.16. The first-order chi connectivity index (χ1) is 13.1. The summed E-state index contributed by atoms with van der Waals surface area (Å²) in [4.78, 5) is 4.59. The van der Waals surface area contributed by atoms with Crippen LogP contribution in [0.4, 0.5) is 5.13 Å². The zero-order valence-corrected chi connectivity index (χ0v) is 16.7. The lowest BCUT2D eigenvalue weighted by molar-refractivity contribution is 0.395. The van der Waals surface area contributed by atoms with E-state index in [1.807, 2.05) is 23.6 Å². The Hall–Kier alpha value is -2.86. The number of anilines is 1. The molecule has 1 heterocycles. The number of nitrogens with zero attached hydrogens (tertiary/aromatic N) is 2. The number of nitrogens with one attached hydrogen (secondary N) is 1. The molecule has 0 unspecified atom stereocenters. The van der Waals surface area contributed by atoms with Gasteiger partial charge < -0.3 is 9.47 Å². The highest BCUT2D eigenvalue weighted by molar-refractivity contribution is 7.14. The van der Waals surface area contributed by atoms with Crippen LogP contribution in [-0.4, -0.2) is 25.4 Å². The number of hydrogen-bond donors (Lipinski definition) is 1. The summed E-state index contributed by atoms with van der Waals surface area (Å²) in [6.07, 6.45) is 1.79. The molecule has 1 N–H and O–H groups in total. The number of benzene rings is 2. The van der Waals surface area contributed by atoms with Crippen molar-refractivity contribution in [3.63, 3.8) is 0 Å². The zero-order valence-electron chi connectivity index (χ0n) is 15.9. The maximum atomic E-state index is 5.45. The number of rotatable bonds is 7. The molecule has 2 aromatic carbocycles. The fourth-order valence-electron chi connectivity index (χ4n) is 2.59. The third kappa shape index (κ3) is 4.65. The number of methoxy groups -OCH3 is 2. The SMILES string of the molecule is COc1ccc(-c2csc(N/N=C\c3ccc(C(C)C)cc3)n2)c(OC)c1. The van der Waals surface area contributed by atoms with Crippen molar-refractivity contribution in [1.29, 1.82) is 0 Å². The molecule has 0 bridgehead atoms. The van der Waals surface area contributed by atoms with Crippen molar-refractivity contribution in [2.75, 3.05) is 19.6 Å². The van der Waals surface area contributed by atoms with E-state index in [-0.39, 0.29) is 0 Å². The van der Waals surface area contributed by atoms with E-state index in [1.165, 1.54) is 16.9 Å². The van der Waals surface area contributed by atoms with Gasteiger partial charge in [0.2, 0.25) is 5.13 Å². The van der Waals surface area contributed by atoms with Gasteiger partial charge in [0.1, 0.15) is 11.5 Å². The smallest absolute Gasteiger partial charge is 0.203 e. The van der Waals surface area contributed by atoms with Crippen LogP contribution in [0.25, 0.3) is 11.3 Å². The standard InChI is InChI=1S/C21H23N3O2S/c1-14(2)16-7-5-15(6-8-16)12-22-24-21-23-19(13-27-21)18-10-9-17(25-3)11-20(18)26-4/h5-14H,1-4H3,(H,23,24)/b22-12-. The minimum atomic E-state index is 0.526. The molecule has 0 amide bonds. The van der Waals surface area contributed by atoms with Crippen LogP contribution in [0.1, 0.15) is 30.9 Å². The van der Waals surface area contributed by atoms with E-state index in [1.54, 1.807) is 20.4 Å². The molecule has 5 nitrogen and oxygen atoms in total. The summed E-state index contributed by atoms with van der Waals surface area (Å²) in [5, 5.41) is 6.98. The molecular weight excluding hydrogens is 358 g/mol. The molecule has 3 rings (SSSR count). The predicted molar refractivity (Wildman–Crippen MR) is 112 cm³/mol. The normalized spacial score (nSPS) is 11.1. The van der Waals surface area contributed by atoms with Gasteiger partial charge in [0, 0.05) is 17.0 Å². The summed E-state index contributed by atoms with van der Waals surface area (Å²) >= 11 is 1.49. The second-order valence-electron chi connectivity index (χ2n) is 6.30. The van der Waals surface area contributed by atoms with Crippen LogP contribution in [0.5, 0.6) is 11.5 Å². The number of thiazole rings is 1. The van der Waals surface area contributed by atoms with Crippen molar-refractivity contribution in [3.8, 4) is 22.8 Å². The first-order valence-corrected chi connectivity index (χ1v) is 9.55. The van der Waals surface area contributed by atoms with Crippen LogP contribution >= 0.6 is 11.3 Å². The average molecular weight is 382 g/mol. The Labute approximate surface area is 163 Å². The van der Waals surface area contributed by atoms with E-state index in [0.717, 1.165) is 33.5 Å². The highest BCUT2D eigenvalue weighted by Crippen LogP contribution is 2.34. The van der Waals surface area contributed by atoms with Gasteiger partial charge in [-0.25, -0.2) is 4.98 Å². The maximum Gasteiger partial charge on any atom is 0.203 e. The molecule has 1 aromatic heterocycles. The summed E-state index contributed by atoms with van der Waals surface area (Å²) in [6.45, 7) is 4.37. The Morgan fingerprint density at radius 2 is 1.85 bits per heavy atom. The molecule has 3 aromatic rings. The van der Waals surface area contributed by atoms with Gasteiger partial charge in [0.05, 0.1) is 26.1 Å². The van der Waals surface area contributed by atoms with Crippen molar-refractivity contribution in [3.05, 3.63) is 59.0 Å². The van der Waals surface area contributed by atoms with Gasteiger partial charge in [-0.05, 0) is 29.2 Å². The fraction of sp³-hybridized carbons (Fsp3) is 0.238. The summed E-state index contributed by atoms with van der Waals surface area (Å²) in [5.41, 5.74) is 7.10. The van der Waals surface area contributed by atoms with Gasteiger partial charge in [-0.2, -0.15) is 5.10 Å². The molecule has 6 heteroatoms. The van der Waals surface area contributed by atoms with Crippen LogP contribution in [0, 0.1) is 0 Å². The minimum absolute atomic E-state index is 0.526. The van der Waals surface area contributed by atoms with E-state index < -0.39 is 0 Å². The Morgan fingerprint density at radius 3 is 2.52 bits per heavy atom. The van der Waals surface area contributed by atoms with Crippen LogP contribution in [0.15, 0.2) is 52.9 Å². The number of ether oxygens (including phenoxy) is 2. The Kier molecular flexibility index (Phi) is 6.08. The first-order valence-electron chi connectivity index (χ1n) is 8.67. The first kappa shape index (κ1) is 18.9. The van der Waals surface area contributed by atoms with E-state index in [2.05, 4.69) is 53.6 Å². The lowest BCUT2D eigenvalue weighted by atomic mass is 10.0. The van der Waals surface area contributed by atoms with Crippen LogP contribution < -0.4 is 14.9 Å². The quantitative estimate of drug-likeness (QED) is 0.440. The van der Waals surface area contributed by atoms with Crippen LogP contribution in [0.3, 0.4) is 0 Å². The Bertz CT molecular complexity index is 917. The second kappa shape index (κ2) is 8.68. The maximum absolute atomic E-state index is 5.45. The van der Waals surface area contributed by atoms with Gasteiger partial charge in [0.25, 0.3) is 0 Å². The molecular formula is C21H23N3O2S. The molecule has 0 saturated heterocycles. The number of hydrazone groups is 1. The molecule has 0 fully saturated rings. The molecule has 0 saturated carbocycles. The molecule has 0 aliphatic rings. The fourth-order valence-corrected chi connectivity index (χ4v) is 3.25. The Balaban J connectivity index is 1.69. The molecule has 0 aliphatic heterocycles. The molecule has 0 atom stereocenters. The predicted octanol–water partition coefficient (Wildman–Crippen LogP) is 5.40. The highest BCUT2D eigenvalue weighted by Gasteiger charge is 2.11. The number of aromatic nitrogens is 1. The van der Waals surface area contributed by atoms with Gasteiger partial charge in [-0.3, -0.25) is 5.43 Å². The van der Waals surface area contributed by atoms with E-state index in [9.17, 15) is 0 Å². The molecule has 0 radical (unpaired) electrons. The van der Waals surface area contributed by atoms with Gasteiger partial charge >= 0.3 is 0 Å². The Morgan fingerprint density at radius 1 is 1.07 bits per heavy atom. The summed E-state index contributed by atoms with van der Waals surface area (Å²) < 4.78 is 10.7.